The second-order valence-electron chi connectivity index (χ2n) is 3.82. The van der Waals surface area contributed by atoms with Gasteiger partial charge >= 0.3 is 0 Å². The Morgan fingerprint density at radius 3 is 2.56 bits per heavy atom. The largest absolute Gasteiger partial charge is 0.494 e. The summed E-state index contributed by atoms with van der Waals surface area (Å²) in [7, 11) is 1.77. The molecule has 0 aliphatic heterocycles. The van der Waals surface area contributed by atoms with E-state index in [1.54, 1.807) is 7.05 Å². The summed E-state index contributed by atoms with van der Waals surface area (Å²) < 4.78 is 5.49. The van der Waals surface area contributed by atoms with Crippen molar-refractivity contribution in [1.82, 2.24) is 5.32 Å². The number of hydrogen-bond donors (Lipinski definition) is 1. The zero-order valence-corrected chi connectivity index (χ0v) is 10.4. The molecular weight excluding hydrogens is 202 g/mol. The van der Waals surface area contributed by atoms with Crippen LogP contribution in [-0.2, 0) is 0 Å². The molecule has 0 aromatic heterocycles. The molecule has 0 saturated carbocycles. The van der Waals surface area contributed by atoms with Crippen LogP contribution >= 0.6 is 0 Å². The summed E-state index contributed by atoms with van der Waals surface area (Å²) in [5, 5.41) is 2.87. The molecule has 3 nitrogen and oxygen atoms in total. The van der Waals surface area contributed by atoms with Crippen LogP contribution < -0.4 is 10.1 Å². The van der Waals surface area contributed by atoms with E-state index < -0.39 is 0 Å². The lowest BCUT2D eigenvalue weighted by molar-refractivity contribution is 0.0993. The van der Waals surface area contributed by atoms with E-state index in [1.165, 1.54) is 0 Å². The van der Waals surface area contributed by atoms with Crippen molar-refractivity contribution in [3.8, 4) is 5.75 Å². The van der Waals surface area contributed by atoms with Crippen LogP contribution in [0.5, 0.6) is 5.75 Å². The first-order chi connectivity index (χ1) is 7.60. The minimum Gasteiger partial charge on any atom is -0.494 e. The van der Waals surface area contributed by atoms with E-state index in [4.69, 9.17) is 4.74 Å². The Morgan fingerprint density at radius 2 is 2.00 bits per heavy atom. The van der Waals surface area contributed by atoms with Gasteiger partial charge in [0.25, 0.3) is 0 Å². The quantitative estimate of drug-likeness (QED) is 0.774. The first kappa shape index (κ1) is 12.7. The second kappa shape index (κ2) is 5.66. The molecule has 16 heavy (non-hydrogen) atoms. The van der Waals surface area contributed by atoms with Crippen molar-refractivity contribution in [1.29, 1.82) is 0 Å². The van der Waals surface area contributed by atoms with Crippen LogP contribution in [0, 0.1) is 13.8 Å². The van der Waals surface area contributed by atoms with E-state index in [-0.39, 0.29) is 5.78 Å². The van der Waals surface area contributed by atoms with Crippen LogP contribution in [-0.4, -0.2) is 26.0 Å². The van der Waals surface area contributed by atoms with Crippen LogP contribution in [0.25, 0.3) is 0 Å². The third-order valence-corrected chi connectivity index (χ3v) is 2.46. The highest BCUT2D eigenvalue weighted by Gasteiger charge is 2.11. The molecule has 0 bridgehead atoms. The van der Waals surface area contributed by atoms with Gasteiger partial charge in [-0.15, -0.1) is 0 Å². The fourth-order valence-electron chi connectivity index (χ4n) is 1.66. The number of nitrogens with one attached hydrogen (secondary N) is 1. The van der Waals surface area contributed by atoms with Crippen LogP contribution in [0.1, 0.15) is 28.4 Å². The van der Waals surface area contributed by atoms with Gasteiger partial charge in [-0.3, -0.25) is 4.79 Å². The molecule has 0 unspecified atom stereocenters. The van der Waals surface area contributed by atoms with Crippen molar-refractivity contribution < 1.29 is 9.53 Å². The molecule has 0 fully saturated rings. The maximum absolute atomic E-state index is 11.8. The van der Waals surface area contributed by atoms with E-state index >= 15 is 0 Å². The Hall–Kier alpha value is -1.35. The highest BCUT2D eigenvalue weighted by atomic mass is 16.5. The molecule has 0 spiro atoms. The molecule has 0 aliphatic rings. The Kier molecular flexibility index (Phi) is 4.50. The molecule has 0 aliphatic carbocycles. The summed E-state index contributed by atoms with van der Waals surface area (Å²) in [6.45, 7) is 6.86. The van der Waals surface area contributed by atoms with Gasteiger partial charge in [0, 0.05) is 5.56 Å². The molecule has 0 saturated heterocycles. The van der Waals surface area contributed by atoms with E-state index in [0.29, 0.717) is 13.2 Å². The summed E-state index contributed by atoms with van der Waals surface area (Å²) in [5.74, 6) is 0.979. The van der Waals surface area contributed by atoms with Gasteiger partial charge in [-0.1, -0.05) is 0 Å². The summed E-state index contributed by atoms with van der Waals surface area (Å²) in [6, 6.07) is 3.84. The molecule has 3 heteroatoms. The zero-order chi connectivity index (χ0) is 12.1. The van der Waals surface area contributed by atoms with Crippen molar-refractivity contribution in [2.24, 2.45) is 0 Å². The molecular formula is C13H19NO2. The number of carbonyl (C=O) groups excluding carboxylic acids is 1. The van der Waals surface area contributed by atoms with Gasteiger partial charge in [-0.05, 0) is 51.1 Å². The molecule has 0 amide bonds. The predicted molar refractivity (Wildman–Crippen MR) is 65.3 cm³/mol. The van der Waals surface area contributed by atoms with Crippen LogP contribution in [0.4, 0.5) is 0 Å². The number of hydrogen-bond acceptors (Lipinski definition) is 3. The normalized spacial score (nSPS) is 10.2. The highest BCUT2D eigenvalue weighted by Crippen LogP contribution is 2.23. The maximum Gasteiger partial charge on any atom is 0.176 e. The Labute approximate surface area is 96.8 Å². The SMILES string of the molecule is CCOc1cc(C)c(C(=O)CNC)cc1C. The van der Waals surface area contributed by atoms with Gasteiger partial charge in [0.15, 0.2) is 5.78 Å². The molecule has 0 atom stereocenters. The first-order valence-electron chi connectivity index (χ1n) is 5.52. The predicted octanol–water partition coefficient (Wildman–Crippen LogP) is 2.10. The lowest BCUT2D eigenvalue weighted by Gasteiger charge is -2.11. The summed E-state index contributed by atoms with van der Waals surface area (Å²) in [4.78, 5) is 11.8. The number of likely N-dealkylation sites (N-methyl/N-ethyl adjacent to an activating group) is 1. The smallest absolute Gasteiger partial charge is 0.176 e. The maximum atomic E-state index is 11.8. The van der Waals surface area contributed by atoms with Crippen LogP contribution in [0.2, 0.25) is 0 Å². The average molecular weight is 221 g/mol. The van der Waals surface area contributed by atoms with Gasteiger partial charge in [-0.2, -0.15) is 0 Å². The molecule has 1 aromatic rings. The van der Waals surface area contributed by atoms with Crippen molar-refractivity contribution >= 4 is 5.78 Å². The molecule has 1 rings (SSSR count). The number of rotatable bonds is 5. The fourth-order valence-corrected chi connectivity index (χ4v) is 1.66. The summed E-state index contributed by atoms with van der Waals surface area (Å²) in [6.07, 6.45) is 0. The molecule has 1 aromatic carbocycles. The Morgan fingerprint density at radius 1 is 1.31 bits per heavy atom. The average Bonchev–Trinajstić information content (AvgIpc) is 2.23. The topological polar surface area (TPSA) is 38.3 Å². The zero-order valence-electron chi connectivity index (χ0n) is 10.4. The number of aryl methyl sites for hydroxylation is 2. The van der Waals surface area contributed by atoms with Gasteiger partial charge < -0.3 is 10.1 Å². The minimum atomic E-state index is 0.117. The standard InChI is InChI=1S/C13H19NO2/c1-5-16-13-7-9(2)11(6-10(13)3)12(15)8-14-4/h6-7,14H,5,8H2,1-4H3. The van der Waals surface area contributed by atoms with Crippen LogP contribution in [0.3, 0.4) is 0 Å². The Balaban J connectivity index is 3.05. The minimum absolute atomic E-state index is 0.117. The van der Waals surface area contributed by atoms with Crippen molar-refractivity contribution in [2.45, 2.75) is 20.8 Å². The van der Waals surface area contributed by atoms with Gasteiger partial charge in [-0.25, -0.2) is 0 Å². The number of benzene rings is 1. The van der Waals surface area contributed by atoms with E-state index in [9.17, 15) is 4.79 Å². The third-order valence-electron chi connectivity index (χ3n) is 2.46. The van der Waals surface area contributed by atoms with Crippen LogP contribution in [0.15, 0.2) is 12.1 Å². The number of carbonyl (C=O) groups is 1. The first-order valence-corrected chi connectivity index (χ1v) is 5.52. The lowest BCUT2D eigenvalue weighted by Crippen LogP contribution is -2.19. The Bertz CT molecular complexity index is 386. The summed E-state index contributed by atoms with van der Waals surface area (Å²) >= 11 is 0. The highest BCUT2D eigenvalue weighted by molar-refractivity contribution is 5.99. The van der Waals surface area contributed by atoms with E-state index in [2.05, 4.69) is 5.32 Å². The van der Waals surface area contributed by atoms with Gasteiger partial charge in [0.05, 0.1) is 13.2 Å². The van der Waals surface area contributed by atoms with E-state index in [1.807, 2.05) is 32.9 Å². The van der Waals surface area contributed by atoms with Gasteiger partial charge in [0.1, 0.15) is 5.75 Å². The monoisotopic (exact) mass is 221 g/mol. The number of ketones is 1. The van der Waals surface area contributed by atoms with E-state index in [0.717, 1.165) is 22.4 Å². The number of ether oxygens (including phenoxy) is 1. The summed E-state index contributed by atoms with van der Waals surface area (Å²) in [5.41, 5.74) is 2.75. The van der Waals surface area contributed by atoms with Crippen molar-refractivity contribution in [3.63, 3.8) is 0 Å². The van der Waals surface area contributed by atoms with Crippen molar-refractivity contribution in [3.05, 3.63) is 28.8 Å². The third kappa shape index (κ3) is 2.83. The lowest BCUT2D eigenvalue weighted by atomic mass is 10.0. The molecule has 0 heterocycles. The molecule has 88 valence electrons. The van der Waals surface area contributed by atoms with Gasteiger partial charge in [0.2, 0.25) is 0 Å². The number of Topliss-reactive ketones (excluding diaryl/α,β-unsaturated/α-hetero) is 1. The second-order valence-corrected chi connectivity index (χ2v) is 3.82. The molecule has 0 radical (unpaired) electrons. The fraction of sp³-hybridized carbons (Fsp3) is 0.462. The molecule has 1 N–H and O–H groups in total. The van der Waals surface area contributed by atoms with Crippen molar-refractivity contribution in [2.75, 3.05) is 20.2 Å².